The van der Waals surface area contributed by atoms with Gasteiger partial charge in [0.1, 0.15) is 11.6 Å². The molecule has 0 aliphatic carbocycles. The third-order valence-corrected chi connectivity index (χ3v) is 8.57. The van der Waals surface area contributed by atoms with Crippen LogP contribution >= 0.6 is 0 Å². The highest BCUT2D eigenvalue weighted by molar-refractivity contribution is 5.92. The number of H-pyrrole nitrogens is 1. The Bertz CT molecular complexity index is 1760. The van der Waals surface area contributed by atoms with Gasteiger partial charge in [0.15, 0.2) is 6.61 Å². The maximum Gasteiger partial charge on any atom is 0.341 e. The van der Waals surface area contributed by atoms with Crippen LogP contribution in [-0.2, 0) is 19.1 Å². The van der Waals surface area contributed by atoms with Crippen molar-refractivity contribution in [1.82, 2.24) is 14.9 Å². The first-order chi connectivity index (χ1) is 25.3. The predicted octanol–water partition coefficient (Wildman–Crippen LogP) is 9.45. The van der Waals surface area contributed by atoms with E-state index in [-0.39, 0.29) is 5.91 Å². The number of aliphatic carboxylic acids is 1. The van der Waals surface area contributed by atoms with E-state index in [1.807, 2.05) is 71.6 Å². The second-order valence-corrected chi connectivity index (χ2v) is 12.6. The van der Waals surface area contributed by atoms with E-state index >= 15 is 0 Å². The summed E-state index contributed by atoms with van der Waals surface area (Å²) in [7, 11) is 0. The number of hydrogen-bond donors (Lipinski definition) is 2. The van der Waals surface area contributed by atoms with Gasteiger partial charge in [-0.1, -0.05) is 101 Å². The molecule has 1 heterocycles. The number of ether oxygens (including phenoxy) is 2. The molecule has 1 amide bonds. The summed E-state index contributed by atoms with van der Waals surface area (Å²) in [6.45, 7) is 7.63. The number of nitrogens with one attached hydrogen (secondary N) is 1. The van der Waals surface area contributed by atoms with Crippen molar-refractivity contribution in [3.8, 4) is 39.7 Å². The Kier molecular flexibility index (Phi) is 15.9. The van der Waals surface area contributed by atoms with Crippen LogP contribution in [0.15, 0.2) is 84.9 Å². The second kappa shape index (κ2) is 21.0. The lowest BCUT2D eigenvalue weighted by Crippen LogP contribution is -2.31. The van der Waals surface area contributed by atoms with E-state index in [1.165, 1.54) is 31.8 Å². The number of aromatic nitrogens is 2. The summed E-state index contributed by atoms with van der Waals surface area (Å²) in [4.78, 5) is 46.4. The number of carbonyl (C=O) groups is 3. The standard InChI is InChI=1S/C43H51N3O6/c1-4-7-9-11-29-46(30-12-10-8-5-2)38(47)27-17-32-13-19-34(20-14-32)41-42(35-23-25-37(26-24-35)52-31-39(48)49)45-43(44-41)36-21-15-33(16-22-36)18-28-40(50)51-6-3/h13-28H,4-12,29-31H2,1-3H3,(H,44,45)(H,48,49). The minimum atomic E-state index is -1.05. The van der Waals surface area contributed by atoms with Crippen LogP contribution in [0, 0.1) is 0 Å². The Hall–Kier alpha value is -5.44. The van der Waals surface area contributed by atoms with Crippen LogP contribution in [0.3, 0.4) is 0 Å². The fourth-order valence-corrected chi connectivity index (χ4v) is 5.71. The molecule has 1 aromatic heterocycles. The predicted molar refractivity (Wildman–Crippen MR) is 208 cm³/mol. The van der Waals surface area contributed by atoms with E-state index in [2.05, 4.69) is 18.8 Å². The van der Waals surface area contributed by atoms with Crippen LogP contribution in [0.1, 0.15) is 83.3 Å². The largest absolute Gasteiger partial charge is 0.482 e. The number of carboxylic acids is 1. The number of carbonyl (C=O) groups excluding carboxylic acids is 2. The second-order valence-electron chi connectivity index (χ2n) is 12.6. The third kappa shape index (κ3) is 12.4. The number of aromatic amines is 1. The summed E-state index contributed by atoms with van der Waals surface area (Å²) in [6.07, 6.45) is 15.7. The molecule has 0 atom stereocenters. The van der Waals surface area contributed by atoms with E-state index in [1.54, 1.807) is 31.2 Å². The van der Waals surface area contributed by atoms with Gasteiger partial charge in [-0.3, -0.25) is 4.79 Å². The SMILES string of the molecule is CCCCCCN(CCCCCC)C(=O)C=Cc1ccc(-c2[nH]c(-c3ccc(C=CC(=O)OCC)cc3)nc2-c2ccc(OCC(=O)O)cc2)cc1. The molecular formula is C43H51N3O6. The van der Waals surface area contributed by atoms with Gasteiger partial charge in [0.2, 0.25) is 5.91 Å². The zero-order chi connectivity index (χ0) is 37.1. The first-order valence-corrected chi connectivity index (χ1v) is 18.4. The summed E-state index contributed by atoms with van der Waals surface area (Å²) < 4.78 is 10.3. The summed E-state index contributed by atoms with van der Waals surface area (Å²) in [6, 6.07) is 22.8. The lowest BCUT2D eigenvalue weighted by atomic mass is 10.0. The lowest BCUT2D eigenvalue weighted by molar-refractivity contribution is -0.139. The van der Waals surface area contributed by atoms with Gasteiger partial charge in [-0.05, 0) is 67.3 Å². The average Bonchev–Trinajstić information content (AvgIpc) is 3.61. The molecule has 0 saturated carbocycles. The monoisotopic (exact) mass is 705 g/mol. The minimum absolute atomic E-state index is 0.0516. The Morgan fingerprint density at radius 1 is 0.712 bits per heavy atom. The van der Waals surface area contributed by atoms with Crippen molar-refractivity contribution in [3.05, 3.63) is 96.1 Å². The summed E-state index contributed by atoms with van der Waals surface area (Å²) in [5, 5.41) is 8.99. The molecule has 3 aromatic carbocycles. The van der Waals surface area contributed by atoms with Crippen molar-refractivity contribution in [2.24, 2.45) is 0 Å². The van der Waals surface area contributed by atoms with Crippen molar-refractivity contribution in [2.75, 3.05) is 26.3 Å². The Morgan fingerprint density at radius 3 is 1.83 bits per heavy atom. The number of imidazole rings is 1. The molecule has 0 radical (unpaired) electrons. The molecule has 4 rings (SSSR count). The van der Waals surface area contributed by atoms with E-state index in [0.717, 1.165) is 72.3 Å². The average molecular weight is 706 g/mol. The molecule has 0 aliphatic heterocycles. The van der Waals surface area contributed by atoms with Crippen LogP contribution in [0.5, 0.6) is 5.75 Å². The van der Waals surface area contributed by atoms with E-state index in [4.69, 9.17) is 19.6 Å². The zero-order valence-electron chi connectivity index (χ0n) is 30.6. The highest BCUT2D eigenvalue weighted by atomic mass is 16.5. The van der Waals surface area contributed by atoms with Gasteiger partial charge in [-0.15, -0.1) is 0 Å². The van der Waals surface area contributed by atoms with Crippen LogP contribution in [0.25, 0.3) is 46.1 Å². The zero-order valence-corrected chi connectivity index (χ0v) is 30.6. The van der Waals surface area contributed by atoms with Crippen molar-refractivity contribution in [1.29, 1.82) is 0 Å². The molecule has 52 heavy (non-hydrogen) atoms. The molecule has 0 fully saturated rings. The van der Waals surface area contributed by atoms with Crippen LogP contribution in [-0.4, -0.2) is 64.1 Å². The van der Waals surface area contributed by atoms with Gasteiger partial charge in [-0.25, -0.2) is 14.6 Å². The van der Waals surface area contributed by atoms with Crippen molar-refractivity contribution in [3.63, 3.8) is 0 Å². The van der Waals surface area contributed by atoms with Crippen LogP contribution in [0.4, 0.5) is 0 Å². The number of amides is 1. The smallest absolute Gasteiger partial charge is 0.341 e. The lowest BCUT2D eigenvalue weighted by Gasteiger charge is -2.21. The molecule has 274 valence electrons. The summed E-state index contributed by atoms with van der Waals surface area (Å²) in [5.74, 6) is -0.283. The quantitative estimate of drug-likeness (QED) is 0.0503. The van der Waals surface area contributed by atoms with Gasteiger partial charge in [0.25, 0.3) is 0 Å². The van der Waals surface area contributed by atoms with Crippen LogP contribution in [0.2, 0.25) is 0 Å². The first-order valence-electron chi connectivity index (χ1n) is 18.4. The molecule has 0 spiro atoms. The van der Waals surface area contributed by atoms with Gasteiger partial charge in [-0.2, -0.15) is 0 Å². The van der Waals surface area contributed by atoms with Gasteiger partial charge < -0.3 is 24.5 Å². The van der Waals surface area contributed by atoms with Crippen molar-refractivity contribution >= 4 is 30.0 Å². The Labute approximate surface area is 307 Å². The fourth-order valence-electron chi connectivity index (χ4n) is 5.71. The van der Waals surface area contributed by atoms with Gasteiger partial charge >= 0.3 is 11.9 Å². The molecule has 0 aliphatic rings. The van der Waals surface area contributed by atoms with E-state index < -0.39 is 18.5 Å². The highest BCUT2D eigenvalue weighted by Gasteiger charge is 2.16. The van der Waals surface area contributed by atoms with Crippen molar-refractivity contribution < 1.29 is 29.0 Å². The number of nitrogens with zero attached hydrogens (tertiary/aromatic N) is 2. The molecule has 9 heteroatoms. The molecule has 0 unspecified atom stereocenters. The summed E-state index contributed by atoms with van der Waals surface area (Å²) >= 11 is 0. The number of rotatable bonds is 21. The number of unbranched alkanes of at least 4 members (excludes halogenated alkanes) is 6. The number of benzene rings is 3. The van der Waals surface area contributed by atoms with Gasteiger partial charge in [0.05, 0.1) is 18.0 Å². The van der Waals surface area contributed by atoms with Crippen molar-refractivity contribution in [2.45, 2.75) is 72.1 Å². The molecule has 0 bridgehead atoms. The Balaban J connectivity index is 1.57. The maximum atomic E-state index is 13.2. The number of hydrogen-bond acceptors (Lipinski definition) is 6. The summed E-state index contributed by atoms with van der Waals surface area (Å²) in [5.41, 5.74) is 5.87. The normalized spacial score (nSPS) is 11.3. The van der Waals surface area contributed by atoms with Crippen LogP contribution < -0.4 is 4.74 Å². The topological polar surface area (TPSA) is 122 Å². The van der Waals surface area contributed by atoms with E-state index in [0.29, 0.717) is 23.9 Å². The fraction of sp³-hybridized carbons (Fsp3) is 0.349. The Morgan fingerprint density at radius 2 is 1.27 bits per heavy atom. The van der Waals surface area contributed by atoms with E-state index in [9.17, 15) is 14.4 Å². The van der Waals surface area contributed by atoms with Gasteiger partial charge in [0, 0.05) is 41.9 Å². The first kappa shape index (κ1) is 39.3. The molecule has 4 aromatic rings. The molecule has 0 saturated heterocycles. The molecular weight excluding hydrogens is 654 g/mol. The molecule has 2 N–H and O–H groups in total. The highest BCUT2D eigenvalue weighted by Crippen LogP contribution is 2.34. The number of carboxylic acid groups (broad SMARTS) is 1. The molecule has 9 nitrogen and oxygen atoms in total. The number of esters is 1. The minimum Gasteiger partial charge on any atom is -0.482 e. The third-order valence-electron chi connectivity index (χ3n) is 8.57. The maximum absolute atomic E-state index is 13.2.